The quantitative estimate of drug-likeness (QED) is 0.640. The number of halogens is 1. The van der Waals surface area contributed by atoms with Crippen LogP contribution >= 0.6 is 0 Å². The lowest BCUT2D eigenvalue weighted by atomic mass is 9.81. The first-order chi connectivity index (χ1) is 13.4. The molecule has 3 heterocycles. The molecule has 8 heteroatoms. The second kappa shape index (κ2) is 6.56. The van der Waals surface area contributed by atoms with Crippen LogP contribution in [0.25, 0.3) is 0 Å². The highest BCUT2D eigenvalue weighted by molar-refractivity contribution is 6.24. The van der Waals surface area contributed by atoms with E-state index >= 15 is 0 Å². The van der Waals surface area contributed by atoms with Gasteiger partial charge in [-0.1, -0.05) is 0 Å². The van der Waals surface area contributed by atoms with Gasteiger partial charge in [0.2, 0.25) is 11.8 Å². The van der Waals surface area contributed by atoms with Gasteiger partial charge in [-0.05, 0) is 50.2 Å². The minimum absolute atomic E-state index is 0.142. The van der Waals surface area contributed by atoms with E-state index in [0.717, 1.165) is 4.90 Å². The number of ether oxygens (including phenoxy) is 1. The predicted octanol–water partition coefficient (Wildman–Crippen LogP) is 2.19. The van der Waals surface area contributed by atoms with Gasteiger partial charge in [0, 0.05) is 0 Å². The number of nitrogens with zero attached hydrogens (tertiary/aromatic N) is 1. The number of benzene rings is 1. The summed E-state index contributed by atoms with van der Waals surface area (Å²) >= 11 is 0. The molecule has 2 amide bonds. The molecule has 28 heavy (non-hydrogen) atoms. The third-order valence-corrected chi connectivity index (χ3v) is 5.42. The molecule has 0 radical (unpaired) electrons. The van der Waals surface area contributed by atoms with Crippen LogP contribution < -0.4 is 10.2 Å². The average Bonchev–Trinajstić information content (AvgIpc) is 3.35. The van der Waals surface area contributed by atoms with E-state index in [1.54, 1.807) is 26.0 Å². The molecule has 1 N–H and O–H groups in total. The molecule has 2 aliphatic heterocycles. The minimum atomic E-state index is -1.40. The molecule has 4 atom stereocenters. The minimum Gasteiger partial charge on any atom is -0.468 e. The van der Waals surface area contributed by atoms with Crippen molar-refractivity contribution in [2.24, 2.45) is 11.8 Å². The number of furan rings is 1. The van der Waals surface area contributed by atoms with Gasteiger partial charge in [0.25, 0.3) is 0 Å². The van der Waals surface area contributed by atoms with Crippen molar-refractivity contribution in [3.05, 3.63) is 54.2 Å². The summed E-state index contributed by atoms with van der Waals surface area (Å²) in [6.45, 7) is 3.37. The zero-order chi connectivity index (χ0) is 20.1. The Balaban J connectivity index is 1.80. The molecule has 2 saturated heterocycles. The molecule has 0 bridgehead atoms. The van der Waals surface area contributed by atoms with Gasteiger partial charge in [-0.25, -0.2) is 9.29 Å². The van der Waals surface area contributed by atoms with Gasteiger partial charge in [-0.2, -0.15) is 0 Å². The van der Waals surface area contributed by atoms with Gasteiger partial charge >= 0.3 is 5.97 Å². The van der Waals surface area contributed by atoms with E-state index in [1.807, 2.05) is 0 Å². The summed E-state index contributed by atoms with van der Waals surface area (Å²) in [5, 5.41) is 3.10. The van der Waals surface area contributed by atoms with Gasteiger partial charge in [-0.15, -0.1) is 0 Å². The molecule has 1 aromatic carbocycles. The SMILES string of the molecule is CCOC(=O)C1(C)NC(c2ccco2)C2C(=O)N(c3ccc(F)cc3)C(=O)C21. The number of nitrogens with one attached hydrogen (secondary N) is 1. The lowest BCUT2D eigenvalue weighted by molar-refractivity contribution is -0.153. The standard InChI is InChI=1S/C20H19FN2O5/c1-3-27-19(26)20(2)15-14(16(22-20)13-5-4-10-28-13)17(24)23(18(15)25)12-8-6-11(21)7-9-12/h4-10,14-16,22H,3H2,1-2H3. The first-order valence-corrected chi connectivity index (χ1v) is 9.00. The number of amides is 2. The molecule has 2 aliphatic rings. The third kappa shape index (κ3) is 2.56. The first kappa shape index (κ1) is 18.4. The number of anilines is 1. The van der Waals surface area contributed by atoms with Crippen LogP contribution in [0.5, 0.6) is 0 Å². The van der Waals surface area contributed by atoms with Gasteiger partial charge in [-0.3, -0.25) is 19.7 Å². The lowest BCUT2D eigenvalue weighted by Gasteiger charge is -2.28. The molecule has 0 saturated carbocycles. The molecule has 0 spiro atoms. The maximum Gasteiger partial charge on any atom is 0.326 e. The van der Waals surface area contributed by atoms with Crippen LogP contribution in [0.3, 0.4) is 0 Å². The van der Waals surface area contributed by atoms with E-state index in [0.29, 0.717) is 5.76 Å². The van der Waals surface area contributed by atoms with Crippen molar-refractivity contribution in [1.29, 1.82) is 0 Å². The predicted molar refractivity (Wildman–Crippen MR) is 95.5 cm³/mol. The number of carbonyl (C=O) groups excluding carboxylic acids is 3. The Morgan fingerprint density at radius 3 is 2.57 bits per heavy atom. The van der Waals surface area contributed by atoms with Gasteiger partial charge in [0.1, 0.15) is 17.1 Å². The van der Waals surface area contributed by atoms with Gasteiger partial charge in [0.15, 0.2) is 0 Å². The fourth-order valence-electron chi connectivity index (χ4n) is 4.16. The molecule has 2 aromatic rings. The summed E-state index contributed by atoms with van der Waals surface area (Å²) in [6.07, 6.45) is 1.46. The Labute approximate surface area is 160 Å². The first-order valence-electron chi connectivity index (χ1n) is 9.00. The highest BCUT2D eigenvalue weighted by atomic mass is 19.1. The number of fused-ring (bicyclic) bond motifs is 1. The van der Waals surface area contributed by atoms with E-state index in [-0.39, 0.29) is 12.3 Å². The van der Waals surface area contributed by atoms with Crippen LogP contribution in [0.15, 0.2) is 47.1 Å². The highest BCUT2D eigenvalue weighted by Gasteiger charge is 2.67. The molecule has 146 valence electrons. The molecular weight excluding hydrogens is 367 g/mol. The van der Waals surface area contributed by atoms with Crippen LogP contribution in [0.1, 0.15) is 25.6 Å². The molecule has 1 aromatic heterocycles. The average molecular weight is 386 g/mol. The van der Waals surface area contributed by atoms with Crippen LogP contribution in [-0.2, 0) is 19.1 Å². The molecule has 2 fully saturated rings. The van der Waals surface area contributed by atoms with Crippen molar-refractivity contribution < 1.29 is 27.9 Å². The molecule has 0 aliphatic carbocycles. The Morgan fingerprint density at radius 2 is 1.96 bits per heavy atom. The maximum absolute atomic E-state index is 13.3. The second-order valence-corrected chi connectivity index (χ2v) is 7.05. The summed E-state index contributed by atoms with van der Waals surface area (Å²) in [6, 6.07) is 7.77. The number of imide groups is 1. The van der Waals surface area contributed by atoms with Gasteiger partial charge < -0.3 is 9.15 Å². The van der Waals surface area contributed by atoms with Gasteiger partial charge in [0.05, 0.1) is 36.4 Å². The normalized spacial score (nSPS) is 29.2. The fraction of sp³-hybridized carbons (Fsp3) is 0.350. The highest BCUT2D eigenvalue weighted by Crippen LogP contribution is 2.50. The smallest absolute Gasteiger partial charge is 0.326 e. The van der Waals surface area contributed by atoms with Crippen molar-refractivity contribution in [1.82, 2.24) is 5.32 Å². The summed E-state index contributed by atoms with van der Waals surface area (Å²) in [7, 11) is 0. The topological polar surface area (TPSA) is 88.8 Å². The van der Waals surface area contributed by atoms with E-state index in [9.17, 15) is 18.8 Å². The summed E-state index contributed by atoms with van der Waals surface area (Å²) < 4.78 is 23.9. The second-order valence-electron chi connectivity index (χ2n) is 7.05. The van der Waals surface area contributed by atoms with E-state index in [4.69, 9.17) is 9.15 Å². The van der Waals surface area contributed by atoms with Crippen LogP contribution in [-0.4, -0.2) is 29.9 Å². The maximum atomic E-state index is 13.3. The number of hydrogen-bond donors (Lipinski definition) is 1. The zero-order valence-corrected chi connectivity index (χ0v) is 15.3. The summed E-state index contributed by atoms with van der Waals surface area (Å²) in [5.74, 6) is -3.46. The zero-order valence-electron chi connectivity index (χ0n) is 15.3. The fourth-order valence-corrected chi connectivity index (χ4v) is 4.16. The van der Waals surface area contributed by atoms with Crippen molar-refractivity contribution >= 4 is 23.5 Å². The van der Waals surface area contributed by atoms with E-state index in [1.165, 1.54) is 30.5 Å². The Bertz CT molecular complexity index is 927. The Hall–Kier alpha value is -3.00. The van der Waals surface area contributed by atoms with Crippen LogP contribution in [0.4, 0.5) is 10.1 Å². The van der Waals surface area contributed by atoms with Crippen molar-refractivity contribution in [2.45, 2.75) is 25.4 Å². The number of hydrogen-bond acceptors (Lipinski definition) is 6. The molecule has 7 nitrogen and oxygen atoms in total. The summed E-state index contributed by atoms with van der Waals surface area (Å²) in [5.41, 5.74) is -1.14. The molecule has 4 unspecified atom stereocenters. The van der Waals surface area contributed by atoms with E-state index < -0.39 is 47.0 Å². The monoisotopic (exact) mass is 386 g/mol. The molecular formula is C20H19FN2O5. The molecule has 4 rings (SSSR count). The van der Waals surface area contributed by atoms with Crippen molar-refractivity contribution in [3.8, 4) is 0 Å². The number of carbonyl (C=O) groups is 3. The Morgan fingerprint density at radius 1 is 1.25 bits per heavy atom. The third-order valence-electron chi connectivity index (χ3n) is 5.42. The Kier molecular flexibility index (Phi) is 4.30. The van der Waals surface area contributed by atoms with E-state index in [2.05, 4.69) is 5.32 Å². The number of rotatable bonds is 4. The lowest BCUT2D eigenvalue weighted by Crippen LogP contribution is -2.54. The summed E-state index contributed by atoms with van der Waals surface area (Å²) in [4.78, 5) is 40.2. The van der Waals surface area contributed by atoms with Crippen molar-refractivity contribution in [2.75, 3.05) is 11.5 Å². The van der Waals surface area contributed by atoms with Crippen LogP contribution in [0.2, 0.25) is 0 Å². The van der Waals surface area contributed by atoms with Crippen molar-refractivity contribution in [3.63, 3.8) is 0 Å². The number of esters is 1. The largest absolute Gasteiger partial charge is 0.468 e. The van der Waals surface area contributed by atoms with Crippen LogP contribution in [0, 0.1) is 17.7 Å².